The zero-order chi connectivity index (χ0) is 19.8. The number of anilines is 1. The molecule has 154 valence electrons. The third-order valence-electron chi connectivity index (χ3n) is 6.03. The summed E-state index contributed by atoms with van der Waals surface area (Å²) in [5.74, 6) is -0.890. The first-order valence-electron chi connectivity index (χ1n) is 10.1. The van der Waals surface area contributed by atoms with Gasteiger partial charge >= 0.3 is 0 Å². The van der Waals surface area contributed by atoms with E-state index in [2.05, 4.69) is 20.8 Å². The molecule has 2 aromatic rings. The third kappa shape index (κ3) is 3.88. The van der Waals surface area contributed by atoms with Crippen molar-refractivity contribution in [3.63, 3.8) is 0 Å². The van der Waals surface area contributed by atoms with Gasteiger partial charge < -0.3 is 14.4 Å². The van der Waals surface area contributed by atoms with Crippen molar-refractivity contribution in [1.29, 1.82) is 0 Å². The Morgan fingerprint density at radius 3 is 2.38 bits per heavy atom. The van der Waals surface area contributed by atoms with E-state index in [-0.39, 0.29) is 5.82 Å². The number of nitrogens with zero attached hydrogens (tertiary/aromatic N) is 3. The summed E-state index contributed by atoms with van der Waals surface area (Å²) >= 11 is 6.24. The first-order chi connectivity index (χ1) is 14.1. The lowest BCUT2D eigenvalue weighted by molar-refractivity contribution is -0.191. The topological polar surface area (TPSA) is 28.2 Å². The van der Waals surface area contributed by atoms with Gasteiger partial charge in [-0.2, -0.15) is 0 Å². The highest BCUT2D eigenvalue weighted by molar-refractivity contribution is 6.30. The first-order valence-corrected chi connectivity index (χ1v) is 10.5. The van der Waals surface area contributed by atoms with Crippen LogP contribution in [0.4, 0.5) is 10.1 Å². The highest BCUT2D eigenvalue weighted by Gasteiger charge is 2.45. The van der Waals surface area contributed by atoms with E-state index in [1.807, 2.05) is 24.3 Å². The molecule has 3 aliphatic rings. The van der Waals surface area contributed by atoms with Crippen LogP contribution < -0.4 is 4.90 Å². The molecule has 0 radical (unpaired) electrons. The van der Waals surface area contributed by atoms with Gasteiger partial charge in [0.15, 0.2) is 0 Å². The van der Waals surface area contributed by atoms with Gasteiger partial charge in [0.05, 0.1) is 26.4 Å². The second-order valence-corrected chi connectivity index (χ2v) is 8.40. The molecule has 0 amide bonds. The molecule has 2 aromatic carbocycles. The fourth-order valence-electron chi connectivity index (χ4n) is 4.60. The fourth-order valence-corrected chi connectivity index (χ4v) is 4.77. The van der Waals surface area contributed by atoms with Crippen molar-refractivity contribution in [2.24, 2.45) is 0 Å². The summed E-state index contributed by atoms with van der Waals surface area (Å²) in [6.07, 6.45) is 0. The Labute approximate surface area is 175 Å². The van der Waals surface area contributed by atoms with E-state index in [9.17, 15) is 4.39 Å². The highest BCUT2D eigenvalue weighted by Crippen LogP contribution is 2.40. The number of halogens is 2. The quantitative estimate of drug-likeness (QED) is 0.764. The van der Waals surface area contributed by atoms with Crippen LogP contribution in [0.15, 0.2) is 42.5 Å². The van der Waals surface area contributed by atoms with Crippen LogP contribution in [0.25, 0.3) is 0 Å². The van der Waals surface area contributed by atoms with Crippen molar-refractivity contribution in [2.75, 3.05) is 57.5 Å². The van der Waals surface area contributed by atoms with Gasteiger partial charge in [0.2, 0.25) is 5.79 Å². The Hall–Kier alpha value is -1.70. The standard InChI is InChI=1S/C22H25ClFN3O2/c23-18-2-1-17-14-26(15-22(21(17)13-18)28-11-12-29-22)16-25-7-9-27(10-8-25)20-5-3-19(24)4-6-20/h1-6,13H,7-12,14-16H2. The lowest BCUT2D eigenvalue weighted by atomic mass is 9.94. The summed E-state index contributed by atoms with van der Waals surface area (Å²) in [6, 6.07) is 12.8. The molecule has 2 saturated heterocycles. The van der Waals surface area contributed by atoms with Crippen molar-refractivity contribution >= 4 is 17.3 Å². The van der Waals surface area contributed by atoms with Crippen LogP contribution in [0.2, 0.25) is 5.02 Å². The van der Waals surface area contributed by atoms with Crippen molar-refractivity contribution < 1.29 is 13.9 Å². The maximum absolute atomic E-state index is 13.2. The SMILES string of the molecule is Fc1ccc(N2CCN(CN3Cc4ccc(Cl)cc4C4(C3)OCCO4)CC2)cc1. The van der Waals surface area contributed by atoms with Crippen molar-refractivity contribution in [3.8, 4) is 0 Å². The van der Waals surface area contributed by atoms with Crippen LogP contribution in [0, 0.1) is 5.82 Å². The van der Waals surface area contributed by atoms with E-state index in [1.54, 1.807) is 0 Å². The largest absolute Gasteiger partial charge is 0.369 e. The molecule has 0 atom stereocenters. The summed E-state index contributed by atoms with van der Waals surface area (Å²) in [6.45, 7) is 7.46. The molecule has 5 nitrogen and oxygen atoms in total. The van der Waals surface area contributed by atoms with Gasteiger partial charge in [-0.3, -0.25) is 9.80 Å². The molecule has 0 aliphatic carbocycles. The predicted octanol–water partition coefficient (Wildman–Crippen LogP) is 3.27. The second kappa shape index (κ2) is 7.85. The molecule has 3 heterocycles. The Balaban J connectivity index is 1.25. The molecule has 7 heteroatoms. The summed E-state index contributed by atoms with van der Waals surface area (Å²) in [7, 11) is 0. The van der Waals surface area contributed by atoms with Gasteiger partial charge in [-0.25, -0.2) is 4.39 Å². The Kier molecular flexibility index (Phi) is 5.22. The molecule has 3 aliphatic heterocycles. The van der Waals surface area contributed by atoms with E-state index in [0.717, 1.165) is 50.6 Å². The molecular formula is C22H25ClFN3O2. The molecule has 29 heavy (non-hydrogen) atoms. The van der Waals surface area contributed by atoms with Crippen molar-refractivity contribution in [1.82, 2.24) is 9.80 Å². The number of piperazine rings is 1. The highest BCUT2D eigenvalue weighted by atomic mass is 35.5. The van der Waals surface area contributed by atoms with E-state index >= 15 is 0 Å². The Bertz CT molecular complexity index is 865. The molecule has 0 N–H and O–H groups in total. The number of rotatable bonds is 3. The minimum atomic E-state index is -0.700. The Morgan fingerprint density at radius 1 is 0.931 bits per heavy atom. The number of hydrogen-bond donors (Lipinski definition) is 0. The molecule has 0 bridgehead atoms. The summed E-state index contributed by atoms with van der Waals surface area (Å²) in [5.41, 5.74) is 3.37. The molecular weight excluding hydrogens is 393 g/mol. The normalized spacial score (nSPS) is 22.2. The third-order valence-corrected chi connectivity index (χ3v) is 6.26. The lowest BCUT2D eigenvalue weighted by Gasteiger charge is -2.43. The van der Waals surface area contributed by atoms with Crippen LogP contribution in [0.5, 0.6) is 0 Å². The molecule has 0 unspecified atom stereocenters. The zero-order valence-corrected chi connectivity index (χ0v) is 17.1. The van der Waals surface area contributed by atoms with E-state index in [0.29, 0.717) is 24.8 Å². The average Bonchev–Trinajstić information content (AvgIpc) is 3.19. The van der Waals surface area contributed by atoms with Crippen molar-refractivity contribution in [2.45, 2.75) is 12.3 Å². The monoisotopic (exact) mass is 417 g/mol. The lowest BCUT2D eigenvalue weighted by Crippen LogP contribution is -2.54. The molecule has 2 fully saturated rings. The molecule has 1 spiro atoms. The summed E-state index contributed by atoms with van der Waals surface area (Å²) in [5, 5.41) is 0.715. The van der Waals surface area contributed by atoms with Gasteiger partial charge in [0, 0.05) is 49.0 Å². The van der Waals surface area contributed by atoms with E-state index in [1.165, 1.54) is 17.7 Å². The van der Waals surface area contributed by atoms with Gasteiger partial charge in [0.1, 0.15) is 5.82 Å². The molecule has 0 saturated carbocycles. The van der Waals surface area contributed by atoms with Gasteiger partial charge in [0.25, 0.3) is 0 Å². The first kappa shape index (κ1) is 19.3. The number of hydrogen-bond acceptors (Lipinski definition) is 5. The number of fused-ring (bicyclic) bond motifs is 2. The van der Waals surface area contributed by atoms with Crippen LogP contribution >= 0.6 is 11.6 Å². The van der Waals surface area contributed by atoms with Crippen molar-refractivity contribution in [3.05, 3.63) is 64.4 Å². The minimum Gasteiger partial charge on any atom is -0.369 e. The van der Waals surface area contributed by atoms with Crippen LogP contribution in [-0.4, -0.2) is 62.4 Å². The summed E-state index contributed by atoms with van der Waals surface area (Å²) < 4.78 is 25.3. The summed E-state index contributed by atoms with van der Waals surface area (Å²) in [4.78, 5) is 7.17. The molecule has 0 aromatic heterocycles. The second-order valence-electron chi connectivity index (χ2n) is 7.96. The maximum Gasteiger partial charge on any atom is 0.208 e. The number of ether oxygens (including phenoxy) is 2. The van der Waals surface area contributed by atoms with Gasteiger partial charge in [-0.1, -0.05) is 17.7 Å². The smallest absolute Gasteiger partial charge is 0.208 e. The minimum absolute atomic E-state index is 0.190. The molecule has 5 rings (SSSR count). The maximum atomic E-state index is 13.2. The van der Waals surface area contributed by atoms with Gasteiger partial charge in [-0.15, -0.1) is 0 Å². The average molecular weight is 418 g/mol. The van der Waals surface area contributed by atoms with Crippen LogP contribution in [0.3, 0.4) is 0 Å². The predicted molar refractivity (Wildman–Crippen MR) is 110 cm³/mol. The van der Waals surface area contributed by atoms with E-state index < -0.39 is 5.79 Å². The van der Waals surface area contributed by atoms with Crippen LogP contribution in [0.1, 0.15) is 11.1 Å². The van der Waals surface area contributed by atoms with Crippen LogP contribution in [-0.2, 0) is 21.8 Å². The Morgan fingerprint density at radius 2 is 1.66 bits per heavy atom. The fraction of sp³-hybridized carbons (Fsp3) is 0.455. The zero-order valence-electron chi connectivity index (χ0n) is 16.3. The van der Waals surface area contributed by atoms with E-state index in [4.69, 9.17) is 21.1 Å². The number of benzene rings is 2. The van der Waals surface area contributed by atoms with Gasteiger partial charge in [-0.05, 0) is 42.0 Å².